The lowest BCUT2D eigenvalue weighted by Crippen LogP contribution is -2.24. The molecular formula is C26H23N5O. The van der Waals surface area contributed by atoms with Crippen LogP contribution >= 0.6 is 0 Å². The number of hydrogen-bond donors (Lipinski definition) is 3. The van der Waals surface area contributed by atoms with Crippen LogP contribution < -0.4 is 10.6 Å². The Morgan fingerprint density at radius 2 is 1.97 bits per heavy atom. The highest BCUT2D eigenvalue weighted by Gasteiger charge is 2.11. The maximum atomic E-state index is 12.4. The van der Waals surface area contributed by atoms with E-state index in [2.05, 4.69) is 38.7 Å². The molecule has 0 unspecified atom stereocenters. The molecule has 3 N–H and O–H groups in total. The molecule has 0 aliphatic heterocycles. The van der Waals surface area contributed by atoms with Gasteiger partial charge in [-0.3, -0.25) is 14.9 Å². The van der Waals surface area contributed by atoms with Gasteiger partial charge >= 0.3 is 0 Å². The van der Waals surface area contributed by atoms with Gasteiger partial charge in [0.2, 0.25) is 0 Å². The third-order valence-electron chi connectivity index (χ3n) is 4.92. The number of terminal acetylenes is 1. The predicted octanol–water partition coefficient (Wildman–Crippen LogP) is 4.85. The minimum Gasteiger partial charge on any atom is -0.355 e. The van der Waals surface area contributed by atoms with Gasteiger partial charge in [-0.1, -0.05) is 18.1 Å². The Morgan fingerprint density at radius 3 is 2.78 bits per heavy atom. The first-order chi connectivity index (χ1) is 15.5. The SMILES string of the molecule is C#CCNC(=O)c1ccccc1Nc1ccc2c(/C=C/c3cc(C)cc(C)n3)n[nH]c2c1. The molecule has 0 saturated heterocycles. The van der Waals surface area contributed by atoms with E-state index in [1.807, 2.05) is 67.6 Å². The molecule has 2 aromatic heterocycles. The van der Waals surface area contributed by atoms with Crippen LogP contribution in [0.15, 0.2) is 54.6 Å². The molecule has 6 heteroatoms. The van der Waals surface area contributed by atoms with Crippen molar-refractivity contribution in [3.8, 4) is 12.3 Å². The van der Waals surface area contributed by atoms with Gasteiger partial charge in [-0.05, 0) is 74.0 Å². The second-order valence-electron chi connectivity index (χ2n) is 7.47. The van der Waals surface area contributed by atoms with Crippen LogP contribution in [-0.2, 0) is 0 Å². The van der Waals surface area contributed by atoms with Gasteiger partial charge in [-0.2, -0.15) is 5.10 Å². The van der Waals surface area contributed by atoms with Crippen LogP contribution in [0.3, 0.4) is 0 Å². The molecule has 158 valence electrons. The number of nitrogens with one attached hydrogen (secondary N) is 3. The number of anilines is 2. The zero-order valence-corrected chi connectivity index (χ0v) is 17.9. The summed E-state index contributed by atoms with van der Waals surface area (Å²) < 4.78 is 0. The van der Waals surface area contributed by atoms with Crippen molar-refractivity contribution in [1.82, 2.24) is 20.5 Å². The molecule has 0 spiro atoms. The summed E-state index contributed by atoms with van der Waals surface area (Å²) in [6, 6.07) is 17.3. The van der Waals surface area contributed by atoms with Crippen molar-refractivity contribution < 1.29 is 4.79 Å². The van der Waals surface area contributed by atoms with E-state index in [0.29, 0.717) is 11.3 Å². The summed E-state index contributed by atoms with van der Waals surface area (Å²) in [6.45, 7) is 4.22. The van der Waals surface area contributed by atoms with Crippen molar-refractivity contribution in [2.24, 2.45) is 0 Å². The Bertz CT molecular complexity index is 1340. The number of carbonyl (C=O) groups excluding carboxylic acids is 1. The van der Waals surface area contributed by atoms with Gasteiger partial charge < -0.3 is 10.6 Å². The van der Waals surface area contributed by atoms with Crippen molar-refractivity contribution in [2.75, 3.05) is 11.9 Å². The number of aryl methyl sites for hydroxylation is 2. The Kier molecular flexibility index (Phi) is 6.00. The zero-order valence-electron chi connectivity index (χ0n) is 17.9. The molecule has 0 aliphatic rings. The number of nitrogens with zero attached hydrogens (tertiary/aromatic N) is 2. The van der Waals surface area contributed by atoms with Gasteiger partial charge in [0.25, 0.3) is 5.91 Å². The predicted molar refractivity (Wildman–Crippen MR) is 130 cm³/mol. The molecule has 0 saturated carbocycles. The standard InChI is InChI=1S/C26H23N5O/c1-4-13-27-26(32)22-7-5-6-8-23(22)29-20-9-11-21-24(30-31-25(21)16-20)12-10-19-15-17(2)14-18(3)28-19/h1,5-12,14-16,29H,13H2,2-3H3,(H,27,32)(H,30,31)/b12-10+. The lowest BCUT2D eigenvalue weighted by Gasteiger charge is -2.11. The van der Waals surface area contributed by atoms with Crippen molar-refractivity contribution >= 4 is 40.3 Å². The number of H-pyrrole nitrogens is 1. The molecule has 4 aromatic rings. The molecule has 0 fully saturated rings. The molecule has 0 aliphatic carbocycles. The molecule has 6 nitrogen and oxygen atoms in total. The van der Waals surface area contributed by atoms with Crippen molar-refractivity contribution in [3.05, 3.63) is 82.8 Å². The third kappa shape index (κ3) is 4.68. The number of aromatic nitrogens is 3. The lowest BCUT2D eigenvalue weighted by molar-refractivity contribution is 0.0959. The van der Waals surface area contributed by atoms with Crippen LogP contribution in [0.25, 0.3) is 23.1 Å². The molecule has 32 heavy (non-hydrogen) atoms. The van der Waals surface area contributed by atoms with E-state index in [9.17, 15) is 4.79 Å². The molecule has 2 aromatic carbocycles. The molecule has 0 bridgehead atoms. The Morgan fingerprint density at radius 1 is 1.12 bits per heavy atom. The number of pyridine rings is 1. The van der Waals surface area contributed by atoms with Gasteiger partial charge in [0.1, 0.15) is 0 Å². The van der Waals surface area contributed by atoms with Gasteiger partial charge in [-0.15, -0.1) is 6.42 Å². The highest BCUT2D eigenvalue weighted by Crippen LogP contribution is 2.26. The average Bonchev–Trinajstić information content (AvgIpc) is 3.18. The highest BCUT2D eigenvalue weighted by atomic mass is 16.1. The molecular weight excluding hydrogens is 398 g/mol. The Hall–Kier alpha value is -4.37. The molecule has 0 atom stereocenters. The van der Waals surface area contributed by atoms with E-state index < -0.39 is 0 Å². The maximum absolute atomic E-state index is 12.4. The van der Waals surface area contributed by atoms with E-state index in [0.717, 1.165) is 33.7 Å². The van der Waals surface area contributed by atoms with Crippen molar-refractivity contribution in [2.45, 2.75) is 13.8 Å². The van der Waals surface area contributed by atoms with E-state index in [1.54, 1.807) is 6.07 Å². The smallest absolute Gasteiger partial charge is 0.254 e. The Balaban J connectivity index is 1.57. The van der Waals surface area contributed by atoms with Crippen molar-refractivity contribution in [3.63, 3.8) is 0 Å². The van der Waals surface area contributed by atoms with Crippen molar-refractivity contribution in [1.29, 1.82) is 0 Å². The topological polar surface area (TPSA) is 82.7 Å². The van der Waals surface area contributed by atoms with Crippen LogP contribution in [0.5, 0.6) is 0 Å². The summed E-state index contributed by atoms with van der Waals surface area (Å²) in [5, 5.41) is 14.5. The van der Waals surface area contributed by atoms with E-state index >= 15 is 0 Å². The zero-order chi connectivity index (χ0) is 22.5. The van der Waals surface area contributed by atoms with Crippen LogP contribution in [-0.4, -0.2) is 27.6 Å². The summed E-state index contributed by atoms with van der Waals surface area (Å²) >= 11 is 0. The van der Waals surface area contributed by atoms with Gasteiger partial charge in [0.05, 0.1) is 34.7 Å². The fourth-order valence-corrected chi connectivity index (χ4v) is 3.54. The van der Waals surface area contributed by atoms with Crippen LogP contribution in [0.2, 0.25) is 0 Å². The minimum atomic E-state index is -0.221. The number of benzene rings is 2. The summed E-state index contributed by atoms with van der Waals surface area (Å²) in [4.78, 5) is 16.9. The fourth-order valence-electron chi connectivity index (χ4n) is 3.54. The van der Waals surface area contributed by atoms with Gasteiger partial charge in [-0.25, -0.2) is 0 Å². The molecule has 4 rings (SSSR count). The largest absolute Gasteiger partial charge is 0.355 e. The number of para-hydroxylation sites is 1. The van der Waals surface area contributed by atoms with Gasteiger partial charge in [0, 0.05) is 16.8 Å². The summed E-state index contributed by atoms with van der Waals surface area (Å²) in [5.41, 5.74) is 6.84. The first kappa shape index (κ1) is 20.9. The van der Waals surface area contributed by atoms with E-state index in [4.69, 9.17) is 6.42 Å². The number of fused-ring (bicyclic) bond motifs is 1. The van der Waals surface area contributed by atoms with Crippen LogP contribution in [0.1, 0.15) is 33.0 Å². The molecule has 1 amide bonds. The number of hydrogen-bond acceptors (Lipinski definition) is 4. The number of carbonyl (C=O) groups is 1. The number of amides is 1. The van der Waals surface area contributed by atoms with E-state index in [1.165, 1.54) is 5.56 Å². The second-order valence-corrected chi connectivity index (χ2v) is 7.47. The summed E-state index contributed by atoms with van der Waals surface area (Å²) in [5.74, 6) is 2.19. The first-order valence-electron chi connectivity index (χ1n) is 10.2. The first-order valence-corrected chi connectivity index (χ1v) is 10.2. The second kappa shape index (κ2) is 9.19. The van der Waals surface area contributed by atoms with Crippen LogP contribution in [0.4, 0.5) is 11.4 Å². The van der Waals surface area contributed by atoms with Gasteiger partial charge in [0.15, 0.2) is 0 Å². The summed E-state index contributed by atoms with van der Waals surface area (Å²) in [6.07, 6.45) is 9.16. The lowest BCUT2D eigenvalue weighted by atomic mass is 10.1. The molecule has 0 radical (unpaired) electrons. The monoisotopic (exact) mass is 421 g/mol. The minimum absolute atomic E-state index is 0.182. The third-order valence-corrected chi connectivity index (χ3v) is 4.92. The normalized spacial score (nSPS) is 10.9. The summed E-state index contributed by atoms with van der Waals surface area (Å²) in [7, 11) is 0. The van der Waals surface area contributed by atoms with E-state index in [-0.39, 0.29) is 12.5 Å². The van der Waals surface area contributed by atoms with Crippen LogP contribution in [0, 0.1) is 26.2 Å². The number of rotatable bonds is 6. The quantitative estimate of drug-likeness (QED) is 0.389. The molecule has 2 heterocycles. The highest BCUT2D eigenvalue weighted by molar-refractivity contribution is 6.00. The Labute approximate surface area is 186 Å². The fraction of sp³-hybridized carbons (Fsp3) is 0.115. The maximum Gasteiger partial charge on any atom is 0.254 e. The number of aromatic amines is 1. The average molecular weight is 422 g/mol.